The first-order valence-electron chi connectivity index (χ1n) is 14.7. The number of rotatable bonds is 5. The second kappa shape index (κ2) is 9.93. The molecule has 0 aliphatic carbocycles. The van der Waals surface area contributed by atoms with Crippen molar-refractivity contribution >= 4 is 64.9 Å². The van der Waals surface area contributed by atoms with Crippen LogP contribution in [0.2, 0.25) is 0 Å². The lowest BCUT2D eigenvalue weighted by Gasteiger charge is -2.11. The van der Waals surface area contributed by atoms with E-state index in [1.165, 1.54) is 18.2 Å². The fourth-order valence-electron chi connectivity index (χ4n) is 6.96. The summed E-state index contributed by atoms with van der Waals surface area (Å²) in [5.41, 5.74) is 7.53. The summed E-state index contributed by atoms with van der Waals surface area (Å²) in [5.74, 6) is 0. The molecule has 8 aromatic rings. The molecule has 0 fully saturated rings. The number of fused-ring (bicyclic) bond motifs is 3. The summed E-state index contributed by atoms with van der Waals surface area (Å²) in [6.45, 7) is 6.03. The van der Waals surface area contributed by atoms with E-state index in [-0.39, 0.29) is 20.9 Å². The van der Waals surface area contributed by atoms with Crippen molar-refractivity contribution in [3.8, 4) is 17.8 Å². The number of nitrogens with zero attached hydrogens (tertiary/aromatic N) is 4. The van der Waals surface area contributed by atoms with E-state index in [4.69, 9.17) is 0 Å². The van der Waals surface area contributed by atoms with Gasteiger partial charge >= 0.3 is 0 Å². The topological polar surface area (TPSA) is 91.1 Å². The first-order chi connectivity index (χ1) is 22.4. The molecule has 218 valence electrons. The third-order valence-corrected chi connectivity index (χ3v) is 10.8. The van der Waals surface area contributed by atoms with Crippen molar-refractivity contribution in [3.05, 3.63) is 138 Å². The molecule has 0 aliphatic rings. The zero-order valence-electron chi connectivity index (χ0n) is 24.7. The molecule has 0 saturated heterocycles. The second-order valence-corrected chi connectivity index (χ2v) is 13.2. The Labute approximate surface area is 264 Å². The fraction of sp³-hybridized carbons (Fsp3) is 0.0256. The van der Waals surface area contributed by atoms with Crippen molar-refractivity contribution in [3.63, 3.8) is 0 Å². The number of hydrogen-bond donors (Lipinski definition) is 0. The Morgan fingerprint density at radius 1 is 0.761 bits per heavy atom. The molecule has 0 saturated carbocycles. The van der Waals surface area contributed by atoms with E-state index in [0.29, 0.717) is 0 Å². The quantitative estimate of drug-likeness (QED) is 0.182. The van der Waals surface area contributed by atoms with Crippen molar-refractivity contribution in [1.29, 1.82) is 10.5 Å². The lowest BCUT2D eigenvalue weighted by Crippen LogP contribution is -2.05. The molecule has 0 unspecified atom stereocenters. The Balaban J connectivity index is 1.42. The smallest absolute Gasteiger partial charge is 0.207 e. The Morgan fingerprint density at radius 2 is 1.50 bits per heavy atom. The van der Waals surface area contributed by atoms with Crippen LogP contribution in [0.25, 0.3) is 60.8 Å². The van der Waals surface area contributed by atoms with Gasteiger partial charge in [0.2, 0.25) is 9.84 Å². The highest BCUT2D eigenvalue weighted by Crippen LogP contribution is 2.44. The number of para-hydroxylation sites is 1. The average molecular weight is 613 g/mol. The number of benzene rings is 5. The van der Waals surface area contributed by atoms with Crippen molar-refractivity contribution in [2.75, 3.05) is 0 Å². The second-order valence-electron chi connectivity index (χ2n) is 11.3. The van der Waals surface area contributed by atoms with Crippen molar-refractivity contribution in [1.82, 2.24) is 8.97 Å². The highest BCUT2D eigenvalue weighted by molar-refractivity contribution is 7.91. The molecule has 3 heterocycles. The van der Waals surface area contributed by atoms with E-state index < -0.39 is 9.84 Å². The Kier molecular flexibility index (Phi) is 5.92. The molecule has 8 rings (SSSR count). The largest absolute Gasteiger partial charge is 0.312 e. The van der Waals surface area contributed by atoms with Gasteiger partial charge in [-0.3, -0.25) is 0 Å². The molecule has 0 N–H and O–H groups in total. The summed E-state index contributed by atoms with van der Waals surface area (Å²) < 4.78 is 31.8. The molecule has 0 radical (unpaired) electrons. The van der Waals surface area contributed by atoms with Gasteiger partial charge in [0.1, 0.15) is 6.07 Å². The van der Waals surface area contributed by atoms with Gasteiger partial charge in [0.15, 0.2) is 0 Å². The molecular weight excluding hydrogens is 589 g/mol. The van der Waals surface area contributed by atoms with E-state index in [2.05, 4.69) is 83.1 Å². The van der Waals surface area contributed by atoms with Crippen LogP contribution in [0.15, 0.2) is 126 Å². The predicted molar refractivity (Wildman–Crippen MR) is 183 cm³/mol. The van der Waals surface area contributed by atoms with Crippen LogP contribution in [0, 0.1) is 29.6 Å². The molecule has 46 heavy (non-hydrogen) atoms. The van der Waals surface area contributed by atoms with E-state index in [0.717, 1.165) is 65.9 Å². The summed E-state index contributed by atoms with van der Waals surface area (Å²) in [6.07, 6.45) is 5.87. The van der Waals surface area contributed by atoms with Crippen LogP contribution in [-0.4, -0.2) is 17.4 Å². The van der Waals surface area contributed by atoms with Crippen LogP contribution in [0.3, 0.4) is 0 Å². The average Bonchev–Trinajstić information content (AvgIpc) is 3.53. The minimum atomic E-state index is -4.01. The predicted octanol–water partition coefficient (Wildman–Crippen LogP) is 8.86. The van der Waals surface area contributed by atoms with Gasteiger partial charge in [-0.25, -0.2) is 8.42 Å². The van der Waals surface area contributed by atoms with Gasteiger partial charge in [-0.15, -0.1) is 0 Å². The number of aryl methyl sites for hydroxylation is 1. The van der Waals surface area contributed by atoms with E-state index in [1.54, 1.807) is 30.3 Å². The van der Waals surface area contributed by atoms with E-state index >= 15 is 0 Å². The number of sulfone groups is 1. The van der Waals surface area contributed by atoms with E-state index in [1.807, 2.05) is 18.2 Å². The maximum Gasteiger partial charge on any atom is 0.207 e. The zero-order chi connectivity index (χ0) is 31.7. The maximum absolute atomic E-state index is 13.6. The van der Waals surface area contributed by atoms with Crippen molar-refractivity contribution in [2.24, 2.45) is 0 Å². The molecule has 0 aliphatic heterocycles. The molecule has 3 aromatic heterocycles. The first kappa shape index (κ1) is 27.4. The standard InChI is InChI=1S/C39H24N4O2S/c1-3-4-8-29-24(2)42-33-11-6-5-9-30(33)31-10-7-12-34-37(31)38-35(19-18-32(29)39(38)42)43(34)27-14-16-28(17-15-27)46(44,45)36-20-13-25(22-40)21-26(36)23-41/h3-21H,1H2,2H3/b8-4-. The molecular formula is C39H24N4O2S. The van der Waals surface area contributed by atoms with Gasteiger partial charge in [-0.1, -0.05) is 61.2 Å². The summed E-state index contributed by atoms with van der Waals surface area (Å²) in [5, 5.41) is 24.5. The van der Waals surface area contributed by atoms with Gasteiger partial charge in [-0.2, -0.15) is 10.5 Å². The lowest BCUT2D eigenvalue weighted by molar-refractivity contribution is 0.596. The Hall–Kier alpha value is -6.15. The maximum atomic E-state index is 13.6. The van der Waals surface area contributed by atoms with Crippen LogP contribution < -0.4 is 0 Å². The van der Waals surface area contributed by atoms with Crippen LogP contribution in [0.4, 0.5) is 0 Å². The fourth-order valence-corrected chi connectivity index (χ4v) is 8.35. The van der Waals surface area contributed by atoms with Gasteiger partial charge in [0.05, 0.1) is 49.1 Å². The molecule has 0 bridgehead atoms. The molecule has 0 amide bonds. The third kappa shape index (κ3) is 3.64. The summed E-state index contributed by atoms with van der Waals surface area (Å²) in [6, 6.07) is 33.8. The van der Waals surface area contributed by atoms with E-state index in [9.17, 15) is 18.9 Å². The summed E-state index contributed by atoms with van der Waals surface area (Å²) >= 11 is 0. The molecule has 7 heteroatoms. The number of aromatic nitrogens is 2. The highest BCUT2D eigenvalue weighted by atomic mass is 32.2. The van der Waals surface area contributed by atoms with Gasteiger partial charge < -0.3 is 8.97 Å². The molecule has 0 spiro atoms. The minimum absolute atomic E-state index is 0.0580. The highest BCUT2D eigenvalue weighted by Gasteiger charge is 2.25. The first-order valence-corrected chi connectivity index (χ1v) is 16.2. The lowest BCUT2D eigenvalue weighted by atomic mass is 10.0. The molecule has 6 nitrogen and oxygen atoms in total. The monoisotopic (exact) mass is 612 g/mol. The SMILES string of the molecule is C=C/C=C\c1c(C)n2c3ccccc3c3cccc4c3c3c(ccc1c32)n4-c1ccc(S(=O)(=O)c2ccc(C#N)cc2C#N)cc1. The molecule has 5 aromatic carbocycles. The van der Waals surface area contributed by atoms with Crippen molar-refractivity contribution < 1.29 is 8.42 Å². The van der Waals surface area contributed by atoms with Crippen LogP contribution >= 0.6 is 0 Å². The van der Waals surface area contributed by atoms with Crippen LogP contribution in [0.1, 0.15) is 22.4 Å². The number of nitriles is 2. The zero-order valence-corrected chi connectivity index (χ0v) is 25.5. The summed E-state index contributed by atoms with van der Waals surface area (Å²) in [7, 11) is -4.01. The number of hydrogen-bond acceptors (Lipinski definition) is 4. The van der Waals surface area contributed by atoms with Crippen LogP contribution in [-0.2, 0) is 9.84 Å². The van der Waals surface area contributed by atoms with Crippen LogP contribution in [0.5, 0.6) is 0 Å². The number of allylic oxidation sites excluding steroid dienone is 2. The van der Waals surface area contributed by atoms with Gasteiger partial charge in [-0.05, 0) is 73.0 Å². The molecule has 0 atom stereocenters. The van der Waals surface area contributed by atoms with Gasteiger partial charge in [0, 0.05) is 38.5 Å². The van der Waals surface area contributed by atoms with Gasteiger partial charge in [0.25, 0.3) is 0 Å². The Morgan fingerprint density at radius 3 is 2.26 bits per heavy atom. The van der Waals surface area contributed by atoms with Crippen molar-refractivity contribution in [2.45, 2.75) is 16.7 Å². The minimum Gasteiger partial charge on any atom is -0.312 e. The summed E-state index contributed by atoms with van der Waals surface area (Å²) in [4.78, 5) is -0.0524. The normalized spacial score (nSPS) is 12.2. The Bertz CT molecular complexity index is 2800. The third-order valence-electron chi connectivity index (χ3n) is 8.93.